The van der Waals surface area contributed by atoms with Crippen LogP contribution in [0, 0.1) is 11.8 Å². The molecule has 0 radical (unpaired) electrons. The Kier molecular flexibility index (Phi) is 5.17. The summed E-state index contributed by atoms with van der Waals surface area (Å²) in [6.07, 6.45) is 1.06. The number of piperidine rings is 1. The molecule has 1 aromatic rings. The molecule has 0 spiro atoms. The number of nitrogens with zero attached hydrogens (tertiary/aromatic N) is 1. The summed E-state index contributed by atoms with van der Waals surface area (Å²) in [6, 6.07) is 5.02. The van der Waals surface area contributed by atoms with Crippen LogP contribution in [0.15, 0.2) is 23.1 Å². The minimum Gasteiger partial charge on any atom is -0.495 e. The Balaban J connectivity index is 2.39. The van der Waals surface area contributed by atoms with Gasteiger partial charge in [-0.05, 0) is 36.0 Å². The highest BCUT2D eigenvalue weighted by Crippen LogP contribution is 2.32. The Morgan fingerprint density at radius 2 is 1.90 bits per heavy atom. The SMILES string of the molecule is COc1cc(CCl)ccc1S(=O)(=O)N1CC(C)CC(C)C1. The van der Waals surface area contributed by atoms with Crippen LogP contribution in [0.2, 0.25) is 0 Å². The highest BCUT2D eigenvalue weighted by molar-refractivity contribution is 7.89. The lowest BCUT2D eigenvalue weighted by atomic mass is 9.94. The van der Waals surface area contributed by atoms with E-state index in [-0.39, 0.29) is 4.90 Å². The number of halogens is 1. The van der Waals surface area contributed by atoms with Crippen molar-refractivity contribution in [2.75, 3.05) is 20.2 Å². The Labute approximate surface area is 132 Å². The van der Waals surface area contributed by atoms with E-state index in [1.165, 1.54) is 7.11 Å². The molecule has 2 atom stereocenters. The molecule has 0 aromatic heterocycles. The van der Waals surface area contributed by atoms with Gasteiger partial charge in [0.05, 0.1) is 7.11 Å². The fraction of sp³-hybridized carbons (Fsp3) is 0.600. The molecule has 0 amide bonds. The Bertz CT molecular complexity index is 593. The molecule has 4 nitrogen and oxygen atoms in total. The smallest absolute Gasteiger partial charge is 0.246 e. The normalized spacial score (nSPS) is 24.0. The topological polar surface area (TPSA) is 46.6 Å². The molecule has 0 N–H and O–H groups in total. The van der Waals surface area contributed by atoms with Crippen LogP contribution in [0.3, 0.4) is 0 Å². The predicted molar refractivity (Wildman–Crippen MR) is 84.3 cm³/mol. The molecule has 21 heavy (non-hydrogen) atoms. The molecular formula is C15H22ClNO3S. The molecule has 1 aromatic carbocycles. The van der Waals surface area contributed by atoms with Gasteiger partial charge < -0.3 is 4.74 Å². The monoisotopic (exact) mass is 331 g/mol. The first kappa shape index (κ1) is 16.6. The third-order valence-corrected chi connectivity index (χ3v) is 6.02. The summed E-state index contributed by atoms with van der Waals surface area (Å²) in [5, 5.41) is 0. The fourth-order valence-corrected chi connectivity index (χ4v) is 4.93. The van der Waals surface area contributed by atoms with Crippen molar-refractivity contribution in [2.24, 2.45) is 11.8 Å². The largest absolute Gasteiger partial charge is 0.495 e. The number of hydrogen-bond donors (Lipinski definition) is 0. The van der Waals surface area contributed by atoms with Crippen molar-refractivity contribution in [3.8, 4) is 5.75 Å². The molecule has 6 heteroatoms. The molecule has 2 unspecified atom stereocenters. The van der Waals surface area contributed by atoms with Crippen LogP contribution in [-0.4, -0.2) is 32.9 Å². The van der Waals surface area contributed by atoms with Gasteiger partial charge in [0.1, 0.15) is 10.6 Å². The molecule has 0 aliphatic carbocycles. The van der Waals surface area contributed by atoms with Gasteiger partial charge in [0.15, 0.2) is 0 Å². The molecule has 1 aliphatic rings. The first-order valence-corrected chi connectivity index (χ1v) is 9.09. The molecule has 0 saturated carbocycles. The van der Waals surface area contributed by atoms with Crippen LogP contribution in [0.4, 0.5) is 0 Å². The zero-order valence-electron chi connectivity index (χ0n) is 12.7. The standard InChI is InChI=1S/C15H22ClNO3S/c1-11-6-12(2)10-17(9-11)21(18,19)15-5-4-13(8-16)7-14(15)20-3/h4-5,7,11-12H,6,8-10H2,1-3H3. The fourth-order valence-electron chi connectivity index (χ4n) is 2.95. The first-order chi connectivity index (χ1) is 9.88. The van der Waals surface area contributed by atoms with Crippen molar-refractivity contribution < 1.29 is 13.2 Å². The van der Waals surface area contributed by atoms with Crippen LogP contribution in [0.5, 0.6) is 5.75 Å². The van der Waals surface area contributed by atoms with Gasteiger partial charge in [0, 0.05) is 19.0 Å². The average Bonchev–Trinajstić information content (AvgIpc) is 2.45. The Morgan fingerprint density at radius 1 is 1.29 bits per heavy atom. The van der Waals surface area contributed by atoms with Crippen molar-refractivity contribution in [3.05, 3.63) is 23.8 Å². The summed E-state index contributed by atoms with van der Waals surface area (Å²) >= 11 is 5.79. The van der Waals surface area contributed by atoms with Gasteiger partial charge in [-0.1, -0.05) is 19.9 Å². The van der Waals surface area contributed by atoms with E-state index >= 15 is 0 Å². The second kappa shape index (κ2) is 6.55. The Hall–Kier alpha value is -0.780. The van der Waals surface area contributed by atoms with E-state index in [0.717, 1.165) is 12.0 Å². The van der Waals surface area contributed by atoms with Crippen molar-refractivity contribution in [1.29, 1.82) is 0 Å². The minimum absolute atomic E-state index is 0.222. The van der Waals surface area contributed by atoms with E-state index in [2.05, 4.69) is 13.8 Å². The van der Waals surface area contributed by atoms with E-state index in [1.807, 2.05) is 0 Å². The maximum atomic E-state index is 12.9. The highest BCUT2D eigenvalue weighted by Gasteiger charge is 2.33. The van der Waals surface area contributed by atoms with Crippen LogP contribution in [0.1, 0.15) is 25.8 Å². The van der Waals surface area contributed by atoms with Crippen LogP contribution >= 0.6 is 11.6 Å². The van der Waals surface area contributed by atoms with Crippen LogP contribution in [-0.2, 0) is 15.9 Å². The number of ether oxygens (including phenoxy) is 1. The van der Waals surface area contributed by atoms with E-state index in [0.29, 0.717) is 36.6 Å². The van der Waals surface area contributed by atoms with E-state index < -0.39 is 10.0 Å². The summed E-state index contributed by atoms with van der Waals surface area (Å²) in [7, 11) is -2.05. The van der Waals surface area contributed by atoms with Gasteiger partial charge in [0.25, 0.3) is 0 Å². The zero-order valence-corrected chi connectivity index (χ0v) is 14.2. The van der Waals surface area contributed by atoms with Gasteiger partial charge >= 0.3 is 0 Å². The Morgan fingerprint density at radius 3 is 2.43 bits per heavy atom. The van der Waals surface area contributed by atoms with Gasteiger partial charge in [0.2, 0.25) is 10.0 Å². The van der Waals surface area contributed by atoms with Gasteiger partial charge in [-0.3, -0.25) is 0 Å². The number of hydrogen-bond acceptors (Lipinski definition) is 3. The second-order valence-electron chi connectivity index (χ2n) is 5.89. The number of sulfonamides is 1. The molecule has 1 heterocycles. The van der Waals surface area contributed by atoms with Crippen molar-refractivity contribution in [3.63, 3.8) is 0 Å². The minimum atomic E-state index is -3.53. The predicted octanol–water partition coefficient (Wildman–Crippen LogP) is 3.10. The number of methoxy groups -OCH3 is 1. The molecule has 0 bridgehead atoms. The first-order valence-electron chi connectivity index (χ1n) is 7.11. The second-order valence-corrected chi connectivity index (χ2v) is 8.06. The number of benzene rings is 1. The molecule has 1 fully saturated rings. The third kappa shape index (κ3) is 3.52. The van der Waals surface area contributed by atoms with Crippen molar-refractivity contribution >= 4 is 21.6 Å². The van der Waals surface area contributed by atoms with Gasteiger partial charge in [-0.2, -0.15) is 4.31 Å². The quantitative estimate of drug-likeness (QED) is 0.796. The lowest BCUT2D eigenvalue weighted by Gasteiger charge is -2.34. The zero-order chi connectivity index (χ0) is 15.6. The lowest BCUT2D eigenvalue weighted by molar-refractivity contribution is 0.222. The summed E-state index contributed by atoms with van der Waals surface area (Å²) in [5.41, 5.74) is 0.841. The maximum absolute atomic E-state index is 12.9. The average molecular weight is 332 g/mol. The summed E-state index contributed by atoms with van der Waals surface area (Å²) in [4.78, 5) is 0.222. The van der Waals surface area contributed by atoms with Gasteiger partial charge in [-0.25, -0.2) is 8.42 Å². The van der Waals surface area contributed by atoms with E-state index in [1.54, 1.807) is 22.5 Å². The summed E-state index contributed by atoms with van der Waals surface area (Å²) in [5.74, 6) is 1.43. The summed E-state index contributed by atoms with van der Waals surface area (Å²) in [6.45, 7) is 5.30. The van der Waals surface area contributed by atoms with Gasteiger partial charge in [-0.15, -0.1) is 11.6 Å². The van der Waals surface area contributed by atoms with Crippen LogP contribution < -0.4 is 4.74 Å². The van der Waals surface area contributed by atoms with E-state index in [9.17, 15) is 8.42 Å². The molecule has 2 rings (SSSR count). The highest BCUT2D eigenvalue weighted by atomic mass is 35.5. The third-order valence-electron chi connectivity index (χ3n) is 3.84. The number of alkyl halides is 1. The molecule has 118 valence electrons. The van der Waals surface area contributed by atoms with Crippen LogP contribution in [0.25, 0.3) is 0 Å². The van der Waals surface area contributed by atoms with E-state index in [4.69, 9.17) is 16.3 Å². The number of rotatable bonds is 4. The van der Waals surface area contributed by atoms with Crippen molar-refractivity contribution in [2.45, 2.75) is 31.0 Å². The van der Waals surface area contributed by atoms with Crippen molar-refractivity contribution in [1.82, 2.24) is 4.31 Å². The molecule has 1 saturated heterocycles. The molecule has 1 aliphatic heterocycles. The molecular weight excluding hydrogens is 310 g/mol. The lowest BCUT2D eigenvalue weighted by Crippen LogP contribution is -2.42. The summed E-state index contributed by atoms with van der Waals surface area (Å²) < 4.78 is 32.6. The maximum Gasteiger partial charge on any atom is 0.246 e.